The van der Waals surface area contributed by atoms with E-state index >= 15 is 0 Å². The van der Waals surface area contributed by atoms with Crippen molar-refractivity contribution >= 4 is 23.8 Å². The maximum Gasteiger partial charge on any atom is 0.624 e. The van der Waals surface area contributed by atoms with Crippen LogP contribution >= 0.6 is 0 Å². The Morgan fingerprint density at radius 1 is 0.906 bits per heavy atom. The molecule has 1 aliphatic heterocycles. The van der Waals surface area contributed by atoms with Gasteiger partial charge in [0.1, 0.15) is 11.5 Å². The molecule has 0 bridgehead atoms. The van der Waals surface area contributed by atoms with Crippen LogP contribution in [0.2, 0.25) is 36.3 Å². The van der Waals surface area contributed by atoms with Gasteiger partial charge in [0.05, 0.1) is 6.10 Å². The molecule has 0 aliphatic carbocycles. The molecule has 0 saturated carbocycles. The van der Waals surface area contributed by atoms with Gasteiger partial charge in [-0.15, -0.1) is 0 Å². The zero-order valence-electron chi connectivity index (χ0n) is 22.2. The van der Waals surface area contributed by atoms with E-state index in [1.807, 2.05) is 30.2 Å². The van der Waals surface area contributed by atoms with Crippen LogP contribution in [0.25, 0.3) is 0 Å². The number of benzene rings is 1. The lowest BCUT2D eigenvalue weighted by molar-refractivity contribution is 0.113. The van der Waals surface area contributed by atoms with Crippen molar-refractivity contribution in [2.24, 2.45) is 5.92 Å². The zero-order valence-corrected chi connectivity index (χ0v) is 24.2. The third kappa shape index (κ3) is 6.99. The highest BCUT2D eigenvalue weighted by Gasteiger charge is 2.41. The molecule has 0 radical (unpaired) electrons. The first kappa shape index (κ1) is 27.2. The Balaban J connectivity index is 2.07. The van der Waals surface area contributed by atoms with Crippen molar-refractivity contribution in [3.05, 3.63) is 36.3 Å². The Bertz CT molecular complexity index is 756. The van der Waals surface area contributed by atoms with Gasteiger partial charge in [0.25, 0.3) is 0 Å². The Morgan fingerprint density at radius 3 is 1.88 bits per heavy atom. The third-order valence-electron chi connectivity index (χ3n) is 7.42. The number of rotatable bonds is 9. The van der Waals surface area contributed by atoms with Crippen molar-refractivity contribution in [3.8, 4) is 11.5 Å². The van der Waals surface area contributed by atoms with E-state index in [2.05, 4.69) is 80.7 Å². The summed E-state index contributed by atoms with van der Waals surface area (Å²) in [5.74, 6) is 3.84. The predicted octanol–water partition coefficient (Wildman–Crippen LogP) is 7.48. The molecule has 0 amide bonds. The van der Waals surface area contributed by atoms with Crippen LogP contribution in [0.15, 0.2) is 36.3 Å². The summed E-state index contributed by atoms with van der Waals surface area (Å²) in [4.78, 5) is 0. The Kier molecular flexibility index (Phi) is 8.57. The third-order valence-corrected chi connectivity index (χ3v) is 16.5. The molecular formula is C25H45BO4Si2. The highest BCUT2D eigenvalue weighted by atomic mass is 28.4. The molecule has 1 aliphatic rings. The molecule has 1 aromatic rings. The van der Waals surface area contributed by atoms with Gasteiger partial charge in [0.15, 0.2) is 16.6 Å². The van der Waals surface area contributed by atoms with Gasteiger partial charge in [-0.2, -0.15) is 0 Å². The SMILES string of the molecule is C[C@H](/C=C/B1Oc2ccccc2O1)[C@H](CCO[Si](C)(C)C(C)(C)C)O[Si](C)(C)C(C)(C)C. The van der Waals surface area contributed by atoms with E-state index in [9.17, 15) is 0 Å². The standard InChI is InChI=1S/C25H45BO4Si2/c1-20(16-18-26-28-22-14-12-13-15-23(22)29-26)21(30-32(10,11)25(5,6)7)17-19-27-31(8,9)24(2,3)4/h12-16,18,20-21H,17,19H2,1-11H3/b18-16+/t20-,21+/m1/s1. The largest absolute Gasteiger partial charge is 0.624 e. The maximum atomic E-state index is 6.88. The highest BCUT2D eigenvalue weighted by molar-refractivity contribution is 6.74. The lowest BCUT2D eigenvalue weighted by Crippen LogP contribution is -2.46. The minimum Gasteiger partial charge on any atom is -0.520 e. The molecule has 4 nitrogen and oxygen atoms in total. The van der Waals surface area contributed by atoms with Crippen LogP contribution in [0, 0.1) is 5.92 Å². The monoisotopic (exact) mass is 476 g/mol. The molecule has 2 rings (SSSR count). The quantitative estimate of drug-likeness (QED) is 0.346. The smallest absolute Gasteiger partial charge is 0.520 e. The highest BCUT2D eigenvalue weighted by Crippen LogP contribution is 2.40. The van der Waals surface area contributed by atoms with Gasteiger partial charge >= 0.3 is 7.12 Å². The first-order valence-electron chi connectivity index (χ1n) is 12.0. The van der Waals surface area contributed by atoms with Crippen molar-refractivity contribution in [1.29, 1.82) is 0 Å². The normalized spacial score (nSPS) is 17.2. The van der Waals surface area contributed by atoms with Crippen molar-refractivity contribution in [1.82, 2.24) is 0 Å². The zero-order chi connectivity index (χ0) is 24.4. The van der Waals surface area contributed by atoms with Crippen molar-refractivity contribution in [3.63, 3.8) is 0 Å². The van der Waals surface area contributed by atoms with Crippen LogP contribution in [-0.4, -0.2) is 36.5 Å². The number of para-hydroxylation sites is 2. The first-order chi connectivity index (χ1) is 14.5. The van der Waals surface area contributed by atoms with Crippen molar-refractivity contribution in [2.45, 2.75) is 97.3 Å². The Labute approximate surface area is 199 Å². The molecule has 180 valence electrons. The number of hydrogen-bond donors (Lipinski definition) is 0. The van der Waals surface area contributed by atoms with Gasteiger partial charge < -0.3 is 18.2 Å². The van der Waals surface area contributed by atoms with Crippen LogP contribution in [0.5, 0.6) is 11.5 Å². The second kappa shape index (κ2) is 10.1. The molecule has 0 saturated heterocycles. The summed E-state index contributed by atoms with van der Waals surface area (Å²) in [6, 6.07) is 7.80. The fourth-order valence-corrected chi connectivity index (χ4v) is 5.52. The molecule has 0 N–H and O–H groups in total. The fourth-order valence-electron chi connectivity index (χ4n) is 3.02. The molecule has 32 heavy (non-hydrogen) atoms. The summed E-state index contributed by atoms with van der Waals surface area (Å²) in [5, 5.41) is 0.370. The van der Waals surface area contributed by atoms with Crippen molar-refractivity contribution in [2.75, 3.05) is 6.61 Å². The van der Waals surface area contributed by atoms with E-state index in [1.54, 1.807) is 0 Å². The summed E-state index contributed by atoms with van der Waals surface area (Å²) in [7, 11) is -4.08. The van der Waals surface area contributed by atoms with Gasteiger partial charge in [-0.05, 0) is 66.7 Å². The lowest BCUT2D eigenvalue weighted by atomic mass is 9.87. The molecule has 0 spiro atoms. The molecule has 2 atom stereocenters. The van der Waals surface area contributed by atoms with Crippen LogP contribution in [0.1, 0.15) is 54.9 Å². The van der Waals surface area contributed by atoms with Crippen LogP contribution < -0.4 is 9.31 Å². The summed E-state index contributed by atoms with van der Waals surface area (Å²) in [6.45, 7) is 26.0. The van der Waals surface area contributed by atoms with E-state index < -0.39 is 16.6 Å². The van der Waals surface area contributed by atoms with Crippen LogP contribution in [0.3, 0.4) is 0 Å². The minimum atomic E-state index is -1.92. The fraction of sp³-hybridized carbons (Fsp3) is 0.680. The molecule has 1 heterocycles. The van der Waals surface area contributed by atoms with E-state index in [4.69, 9.17) is 18.2 Å². The van der Waals surface area contributed by atoms with E-state index in [1.165, 1.54) is 0 Å². The summed E-state index contributed by atoms with van der Waals surface area (Å²) < 4.78 is 25.2. The average Bonchev–Trinajstić information content (AvgIpc) is 3.06. The molecule has 0 unspecified atom stereocenters. The van der Waals surface area contributed by atoms with Gasteiger partial charge in [0, 0.05) is 6.61 Å². The van der Waals surface area contributed by atoms with Gasteiger partial charge in [-0.1, -0.05) is 66.7 Å². The van der Waals surface area contributed by atoms with Gasteiger partial charge in [0.2, 0.25) is 0 Å². The van der Waals surface area contributed by atoms with E-state index in [0.717, 1.165) is 24.5 Å². The topological polar surface area (TPSA) is 36.9 Å². The molecular weight excluding hydrogens is 431 g/mol. The van der Waals surface area contributed by atoms with Gasteiger partial charge in [-0.25, -0.2) is 0 Å². The Hall–Kier alpha value is -1.02. The Morgan fingerprint density at radius 2 is 1.41 bits per heavy atom. The van der Waals surface area contributed by atoms with Crippen molar-refractivity contribution < 1.29 is 18.2 Å². The molecule has 0 aromatic heterocycles. The first-order valence-corrected chi connectivity index (χ1v) is 17.8. The lowest BCUT2D eigenvalue weighted by Gasteiger charge is -2.41. The molecule has 1 aromatic carbocycles. The minimum absolute atomic E-state index is 0.0979. The maximum absolute atomic E-state index is 6.88. The second-order valence-electron chi connectivity index (χ2n) is 12.1. The predicted molar refractivity (Wildman–Crippen MR) is 142 cm³/mol. The second-order valence-corrected chi connectivity index (χ2v) is 21.7. The number of fused-ring (bicyclic) bond motifs is 1. The summed E-state index contributed by atoms with van der Waals surface area (Å²) in [6.07, 6.45) is 3.17. The summed E-state index contributed by atoms with van der Waals surface area (Å²) in [5.41, 5.74) is 0. The molecule has 0 fully saturated rings. The average molecular weight is 477 g/mol. The van der Waals surface area contributed by atoms with Crippen LogP contribution in [0.4, 0.5) is 0 Å². The molecule has 7 heteroatoms. The number of hydrogen-bond acceptors (Lipinski definition) is 4. The van der Waals surface area contributed by atoms with Gasteiger partial charge in [-0.3, -0.25) is 0 Å². The summed E-state index contributed by atoms with van der Waals surface area (Å²) >= 11 is 0. The van der Waals surface area contributed by atoms with E-state index in [0.29, 0.717) is 0 Å². The van der Waals surface area contributed by atoms with Crippen LogP contribution in [-0.2, 0) is 8.85 Å². The van der Waals surface area contributed by atoms with E-state index in [-0.39, 0.29) is 29.2 Å².